The Balaban J connectivity index is 2.87. The molecule has 18 heavy (non-hydrogen) atoms. The summed E-state index contributed by atoms with van der Waals surface area (Å²) in [6.07, 6.45) is 0. The summed E-state index contributed by atoms with van der Waals surface area (Å²) in [6.45, 7) is 7.83. The molecular formula is C13H20BrNO2S. The van der Waals surface area contributed by atoms with Crippen LogP contribution in [0.25, 0.3) is 0 Å². The van der Waals surface area contributed by atoms with E-state index in [1.54, 1.807) is 7.11 Å². The van der Waals surface area contributed by atoms with E-state index in [4.69, 9.17) is 4.74 Å². The van der Waals surface area contributed by atoms with Gasteiger partial charge >= 0.3 is 0 Å². The van der Waals surface area contributed by atoms with Gasteiger partial charge in [-0.05, 0) is 51.5 Å². The molecule has 0 fully saturated rings. The van der Waals surface area contributed by atoms with Crippen LogP contribution in [0.5, 0.6) is 5.75 Å². The molecule has 0 saturated heterocycles. The standard InChI is InChI=1S/C13H20BrNO2S/c1-9(15-18(16)13(2,3)4)11-8-10(17-5)6-7-12(11)14/h6-9,15H,1-5H3/t9-,18?/m0/s1. The third-order valence-corrected chi connectivity index (χ3v) is 4.91. The van der Waals surface area contributed by atoms with Gasteiger partial charge in [-0.2, -0.15) is 0 Å². The van der Waals surface area contributed by atoms with Crippen LogP contribution in [0.2, 0.25) is 0 Å². The zero-order valence-electron chi connectivity index (χ0n) is 11.4. The molecule has 1 unspecified atom stereocenters. The van der Waals surface area contributed by atoms with E-state index in [1.165, 1.54) is 0 Å². The van der Waals surface area contributed by atoms with Crippen LogP contribution < -0.4 is 9.46 Å². The van der Waals surface area contributed by atoms with Gasteiger partial charge in [0.25, 0.3) is 0 Å². The summed E-state index contributed by atoms with van der Waals surface area (Å²) in [5, 5.41) is 0. The lowest BCUT2D eigenvalue weighted by Gasteiger charge is -2.27. The maximum Gasteiger partial charge on any atom is 0.136 e. The lowest BCUT2D eigenvalue weighted by Crippen LogP contribution is -2.40. The van der Waals surface area contributed by atoms with E-state index in [9.17, 15) is 4.55 Å². The molecule has 0 bridgehead atoms. The van der Waals surface area contributed by atoms with E-state index in [-0.39, 0.29) is 10.8 Å². The second-order valence-electron chi connectivity index (χ2n) is 5.11. The Morgan fingerprint density at radius 2 is 2.00 bits per heavy atom. The van der Waals surface area contributed by atoms with Crippen LogP contribution in [0.4, 0.5) is 0 Å². The molecule has 0 saturated carbocycles. The van der Waals surface area contributed by atoms with Crippen molar-refractivity contribution >= 4 is 27.3 Å². The third-order valence-electron chi connectivity index (χ3n) is 2.51. The molecule has 1 N–H and O–H groups in total. The topological polar surface area (TPSA) is 44.3 Å². The van der Waals surface area contributed by atoms with Gasteiger partial charge in [0, 0.05) is 15.8 Å². The lowest BCUT2D eigenvalue weighted by atomic mass is 10.1. The number of hydrogen-bond acceptors (Lipinski definition) is 3. The maximum absolute atomic E-state index is 12.1. The van der Waals surface area contributed by atoms with Crippen LogP contribution in [0.15, 0.2) is 22.7 Å². The highest BCUT2D eigenvalue weighted by Crippen LogP contribution is 2.29. The van der Waals surface area contributed by atoms with E-state index >= 15 is 0 Å². The minimum Gasteiger partial charge on any atom is -0.598 e. The van der Waals surface area contributed by atoms with E-state index in [1.807, 2.05) is 45.9 Å². The number of rotatable bonds is 4. The van der Waals surface area contributed by atoms with Crippen molar-refractivity contribution in [3.63, 3.8) is 0 Å². The first kappa shape index (κ1) is 15.8. The number of benzene rings is 1. The first-order valence-electron chi connectivity index (χ1n) is 5.77. The highest BCUT2D eigenvalue weighted by atomic mass is 79.9. The van der Waals surface area contributed by atoms with Crippen molar-refractivity contribution in [3.8, 4) is 5.75 Å². The van der Waals surface area contributed by atoms with Gasteiger partial charge in [0.1, 0.15) is 10.5 Å². The van der Waals surface area contributed by atoms with Crippen molar-refractivity contribution in [3.05, 3.63) is 28.2 Å². The minimum absolute atomic E-state index is 0.0190. The molecule has 0 spiro atoms. The predicted molar refractivity (Wildman–Crippen MR) is 80.1 cm³/mol. The van der Waals surface area contributed by atoms with Crippen LogP contribution in [-0.2, 0) is 11.4 Å². The van der Waals surface area contributed by atoms with Gasteiger partial charge in [0.2, 0.25) is 0 Å². The maximum atomic E-state index is 12.1. The van der Waals surface area contributed by atoms with Crippen LogP contribution in [0.1, 0.15) is 39.3 Å². The first-order chi connectivity index (χ1) is 8.25. The highest BCUT2D eigenvalue weighted by molar-refractivity contribution is 9.10. The summed E-state index contributed by atoms with van der Waals surface area (Å²) >= 11 is 2.41. The highest BCUT2D eigenvalue weighted by Gasteiger charge is 2.28. The normalized spacial score (nSPS) is 15.3. The molecule has 0 aliphatic carbocycles. The summed E-state index contributed by atoms with van der Waals surface area (Å²) in [5.41, 5.74) is 1.03. The molecule has 0 aliphatic heterocycles. The molecule has 0 radical (unpaired) electrons. The molecule has 102 valence electrons. The van der Waals surface area contributed by atoms with E-state index in [0.29, 0.717) is 0 Å². The number of hydrogen-bond donors (Lipinski definition) is 1. The Labute approximate surface area is 121 Å². The van der Waals surface area contributed by atoms with Crippen molar-refractivity contribution in [1.29, 1.82) is 0 Å². The Bertz CT molecular complexity index is 406. The fourth-order valence-corrected chi connectivity index (χ4v) is 2.77. The van der Waals surface area contributed by atoms with Gasteiger partial charge in [-0.1, -0.05) is 15.9 Å². The van der Waals surface area contributed by atoms with Crippen molar-refractivity contribution in [2.75, 3.05) is 7.11 Å². The molecule has 5 heteroatoms. The molecular weight excluding hydrogens is 314 g/mol. The molecule has 0 aliphatic rings. The molecule has 2 atom stereocenters. The van der Waals surface area contributed by atoms with Crippen molar-refractivity contribution in [2.24, 2.45) is 0 Å². The SMILES string of the molecule is COc1ccc(Br)c([C@H](C)N[S+]([O-])C(C)(C)C)c1. The van der Waals surface area contributed by atoms with Crippen molar-refractivity contribution in [1.82, 2.24) is 4.72 Å². The molecule has 0 heterocycles. The molecule has 0 aromatic heterocycles. The van der Waals surface area contributed by atoms with Crippen LogP contribution in [-0.4, -0.2) is 16.4 Å². The summed E-state index contributed by atoms with van der Waals surface area (Å²) in [5.74, 6) is 0.795. The number of halogens is 1. The average Bonchev–Trinajstić information content (AvgIpc) is 2.28. The number of nitrogens with one attached hydrogen (secondary N) is 1. The number of methoxy groups -OCH3 is 1. The van der Waals surface area contributed by atoms with Gasteiger partial charge in [-0.25, -0.2) is 0 Å². The Morgan fingerprint density at radius 3 is 2.50 bits per heavy atom. The summed E-state index contributed by atoms with van der Waals surface area (Å²) in [7, 11) is 1.64. The predicted octanol–water partition coefficient (Wildman–Crippen LogP) is 3.57. The Hall–Kier alpha value is -0.230. The van der Waals surface area contributed by atoms with E-state index in [2.05, 4.69) is 20.7 Å². The molecule has 3 nitrogen and oxygen atoms in total. The third kappa shape index (κ3) is 4.16. The zero-order valence-corrected chi connectivity index (χ0v) is 13.8. The summed E-state index contributed by atoms with van der Waals surface area (Å²) in [4.78, 5) is 0. The van der Waals surface area contributed by atoms with Crippen LogP contribution in [0, 0.1) is 0 Å². The summed E-state index contributed by atoms with van der Waals surface area (Å²) < 4.78 is 21.1. The van der Waals surface area contributed by atoms with Gasteiger partial charge in [0.15, 0.2) is 0 Å². The van der Waals surface area contributed by atoms with Gasteiger partial charge in [0.05, 0.1) is 13.2 Å². The fraction of sp³-hybridized carbons (Fsp3) is 0.538. The lowest BCUT2D eigenvalue weighted by molar-refractivity contribution is 0.413. The Morgan fingerprint density at radius 1 is 1.39 bits per heavy atom. The second-order valence-corrected chi connectivity index (χ2v) is 7.96. The smallest absolute Gasteiger partial charge is 0.136 e. The van der Waals surface area contributed by atoms with Crippen LogP contribution >= 0.6 is 15.9 Å². The molecule has 0 amide bonds. The number of ether oxygens (including phenoxy) is 1. The van der Waals surface area contributed by atoms with E-state index < -0.39 is 11.4 Å². The fourth-order valence-electron chi connectivity index (χ4n) is 1.38. The van der Waals surface area contributed by atoms with E-state index in [0.717, 1.165) is 15.8 Å². The molecule has 1 rings (SSSR count). The average molecular weight is 334 g/mol. The zero-order chi connectivity index (χ0) is 13.9. The summed E-state index contributed by atoms with van der Waals surface area (Å²) in [6, 6.07) is 5.75. The van der Waals surface area contributed by atoms with Crippen molar-refractivity contribution in [2.45, 2.75) is 38.5 Å². The molecule has 1 aromatic rings. The largest absolute Gasteiger partial charge is 0.598 e. The monoisotopic (exact) mass is 333 g/mol. The quantitative estimate of drug-likeness (QED) is 0.856. The van der Waals surface area contributed by atoms with Gasteiger partial charge in [-0.15, -0.1) is 4.72 Å². The van der Waals surface area contributed by atoms with Crippen LogP contribution in [0.3, 0.4) is 0 Å². The first-order valence-corrected chi connectivity index (χ1v) is 7.71. The minimum atomic E-state index is -1.10. The molecule has 1 aromatic carbocycles. The van der Waals surface area contributed by atoms with Gasteiger partial charge in [-0.3, -0.25) is 0 Å². The van der Waals surface area contributed by atoms with Crippen molar-refractivity contribution < 1.29 is 9.29 Å². The second kappa shape index (κ2) is 6.28. The Kier molecular flexibility index (Phi) is 5.52. The van der Waals surface area contributed by atoms with Gasteiger partial charge < -0.3 is 9.29 Å².